The summed E-state index contributed by atoms with van der Waals surface area (Å²) in [6.45, 7) is 6.73. The second kappa shape index (κ2) is 8.94. The van der Waals surface area contributed by atoms with Gasteiger partial charge in [-0.15, -0.1) is 0 Å². The lowest BCUT2D eigenvalue weighted by Gasteiger charge is -2.31. The molecule has 1 aromatic carbocycles. The van der Waals surface area contributed by atoms with Gasteiger partial charge in [0.15, 0.2) is 5.82 Å². The molecular weight excluding hydrogens is 328 g/mol. The summed E-state index contributed by atoms with van der Waals surface area (Å²) in [5, 5.41) is 7.08. The molecule has 1 amide bonds. The van der Waals surface area contributed by atoms with E-state index in [0.717, 1.165) is 50.3 Å². The Morgan fingerprint density at radius 3 is 2.69 bits per heavy atom. The summed E-state index contributed by atoms with van der Waals surface area (Å²) in [5.41, 5.74) is 1.14. The minimum atomic E-state index is 0.0489. The van der Waals surface area contributed by atoms with Crippen LogP contribution in [-0.4, -0.2) is 40.6 Å². The predicted molar refractivity (Wildman–Crippen MR) is 99.5 cm³/mol. The second-order valence-electron chi connectivity index (χ2n) is 7.17. The van der Waals surface area contributed by atoms with Crippen molar-refractivity contribution >= 4 is 5.91 Å². The predicted octanol–water partition coefficient (Wildman–Crippen LogP) is 2.90. The molecule has 6 heteroatoms. The molecule has 0 radical (unpaired) electrons. The Balaban J connectivity index is 1.35. The Hall–Kier alpha value is -2.21. The van der Waals surface area contributed by atoms with E-state index in [1.165, 1.54) is 0 Å². The minimum absolute atomic E-state index is 0.0489. The number of likely N-dealkylation sites (tertiary alicyclic amines) is 1. The topological polar surface area (TPSA) is 71.3 Å². The number of benzene rings is 1. The molecule has 1 saturated heterocycles. The van der Waals surface area contributed by atoms with E-state index in [9.17, 15) is 4.79 Å². The molecule has 1 atom stereocenters. The summed E-state index contributed by atoms with van der Waals surface area (Å²) in [5.74, 6) is 2.17. The van der Waals surface area contributed by atoms with Crippen LogP contribution in [0.1, 0.15) is 49.5 Å². The van der Waals surface area contributed by atoms with Crippen LogP contribution in [0.2, 0.25) is 0 Å². The van der Waals surface area contributed by atoms with E-state index in [0.29, 0.717) is 18.2 Å². The summed E-state index contributed by atoms with van der Waals surface area (Å²) in [4.78, 5) is 18.9. The maximum absolute atomic E-state index is 12.2. The molecule has 0 unspecified atom stereocenters. The molecule has 2 aromatic rings. The van der Waals surface area contributed by atoms with Gasteiger partial charge in [-0.05, 0) is 44.3 Å². The van der Waals surface area contributed by atoms with E-state index in [-0.39, 0.29) is 11.9 Å². The van der Waals surface area contributed by atoms with Gasteiger partial charge in [-0.25, -0.2) is 0 Å². The van der Waals surface area contributed by atoms with Crippen LogP contribution in [0.3, 0.4) is 0 Å². The highest BCUT2D eigenvalue weighted by Gasteiger charge is 2.21. The number of carbonyl (C=O) groups excluding carboxylic acids is 1. The first-order chi connectivity index (χ1) is 12.6. The molecule has 6 nitrogen and oxygen atoms in total. The Morgan fingerprint density at radius 1 is 1.31 bits per heavy atom. The van der Waals surface area contributed by atoms with Gasteiger partial charge >= 0.3 is 0 Å². The van der Waals surface area contributed by atoms with Crippen molar-refractivity contribution in [3.05, 3.63) is 47.6 Å². The van der Waals surface area contributed by atoms with Crippen molar-refractivity contribution in [2.24, 2.45) is 5.92 Å². The molecule has 1 N–H and O–H groups in total. The monoisotopic (exact) mass is 356 g/mol. The van der Waals surface area contributed by atoms with E-state index in [4.69, 9.17) is 4.52 Å². The summed E-state index contributed by atoms with van der Waals surface area (Å²) in [6, 6.07) is 10.1. The van der Waals surface area contributed by atoms with Gasteiger partial charge in [-0.1, -0.05) is 35.5 Å². The highest BCUT2D eigenvalue weighted by molar-refractivity contribution is 5.76. The van der Waals surface area contributed by atoms with Crippen LogP contribution >= 0.6 is 0 Å². The van der Waals surface area contributed by atoms with Crippen molar-refractivity contribution < 1.29 is 9.32 Å². The Bertz CT molecular complexity index is 693. The maximum Gasteiger partial charge on any atom is 0.223 e. The van der Waals surface area contributed by atoms with Crippen molar-refractivity contribution in [2.75, 3.05) is 19.6 Å². The van der Waals surface area contributed by atoms with Crippen molar-refractivity contribution in [1.82, 2.24) is 20.4 Å². The highest BCUT2D eigenvalue weighted by Crippen LogP contribution is 2.21. The van der Waals surface area contributed by atoms with Gasteiger partial charge in [0.1, 0.15) is 0 Å². The number of piperidine rings is 1. The van der Waals surface area contributed by atoms with Crippen LogP contribution in [0.5, 0.6) is 0 Å². The Labute approximate surface area is 155 Å². The molecule has 2 heterocycles. The molecule has 0 saturated carbocycles. The third kappa shape index (κ3) is 5.39. The minimum Gasteiger partial charge on any atom is -0.350 e. The molecule has 1 aliphatic heterocycles. The third-order valence-corrected chi connectivity index (χ3v) is 5.08. The summed E-state index contributed by atoms with van der Waals surface area (Å²) in [7, 11) is 0. The number of nitrogens with one attached hydrogen (secondary N) is 1. The van der Waals surface area contributed by atoms with E-state index >= 15 is 0 Å². The number of carbonyl (C=O) groups is 1. The molecule has 26 heavy (non-hydrogen) atoms. The fourth-order valence-electron chi connectivity index (χ4n) is 3.49. The number of nitrogens with zero attached hydrogens (tertiary/aromatic N) is 3. The Kier molecular flexibility index (Phi) is 6.39. The van der Waals surface area contributed by atoms with Crippen LogP contribution < -0.4 is 5.32 Å². The molecule has 140 valence electrons. The lowest BCUT2D eigenvalue weighted by atomic mass is 9.93. The summed E-state index contributed by atoms with van der Waals surface area (Å²) >= 11 is 0. The van der Waals surface area contributed by atoms with Crippen molar-refractivity contribution in [3.63, 3.8) is 0 Å². The van der Waals surface area contributed by atoms with Gasteiger partial charge in [0.2, 0.25) is 11.8 Å². The van der Waals surface area contributed by atoms with Crippen LogP contribution in [0.25, 0.3) is 0 Å². The molecule has 3 rings (SSSR count). The van der Waals surface area contributed by atoms with Gasteiger partial charge in [0.05, 0.1) is 6.04 Å². The first-order valence-corrected chi connectivity index (χ1v) is 9.46. The van der Waals surface area contributed by atoms with Crippen molar-refractivity contribution in [2.45, 2.75) is 45.6 Å². The van der Waals surface area contributed by atoms with Crippen LogP contribution in [0.15, 0.2) is 34.9 Å². The molecule has 1 fully saturated rings. The molecule has 1 aliphatic rings. The fraction of sp³-hybridized carbons (Fsp3) is 0.550. The van der Waals surface area contributed by atoms with Gasteiger partial charge in [-0.3, -0.25) is 4.79 Å². The number of hydrogen-bond acceptors (Lipinski definition) is 5. The Morgan fingerprint density at radius 2 is 2.04 bits per heavy atom. The standard InChI is InChI=1S/C20H28N4O2/c1-15(18-6-4-3-5-7-18)21-20(25)10-13-24-11-8-17(9-12-24)14-19-22-16(2)26-23-19/h3-7,15,17H,8-14H2,1-2H3,(H,21,25)/t15-/m1/s1. The lowest BCUT2D eigenvalue weighted by Crippen LogP contribution is -2.37. The maximum atomic E-state index is 12.2. The zero-order chi connectivity index (χ0) is 18.4. The number of aryl methyl sites for hydroxylation is 1. The summed E-state index contributed by atoms with van der Waals surface area (Å²) < 4.78 is 5.04. The largest absolute Gasteiger partial charge is 0.350 e. The number of aromatic nitrogens is 2. The van der Waals surface area contributed by atoms with Gasteiger partial charge < -0.3 is 14.7 Å². The first-order valence-electron chi connectivity index (χ1n) is 9.46. The SMILES string of the molecule is Cc1nc(CC2CCN(CCC(=O)N[C@H](C)c3ccccc3)CC2)no1. The molecule has 0 bridgehead atoms. The van der Waals surface area contributed by atoms with E-state index in [1.807, 2.05) is 44.2 Å². The van der Waals surface area contributed by atoms with Crippen LogP contribution in [-0.2, 0) is 11.2 Å². The van der Waals surface area contributed by atoms with Gasteiger partial charge in [0, 0.05) is 26.3 Å². The van der Waals surface area contributed by atoms with Crippen LogP contribution in [0.4, 0.5) is 0 Å². The third-order valence-electron chi connectivity index (χ3n) is 5.08. The van der Waals surface area contributed by atoms with Crippen molar-refractivity contribution in [1.29, 1.82) is 0 Å². The average Bonchev–Trinajstić information content (AvgIpc) is 3.06. The quantitative estimate of drug-likeness (QED) is 0.826. The van der Waals surface area contributed by atoms with Gasteiger partial charge in [-0.2, -0.15) is 4.98 Å². The zero-order valence-corrected chi connectivity index (χ0v) is 15.6. The smallest absolute Gasteiger partial charge is 0.223 e. The first kappa shape index (κ1) is 18.6. The molecule has 0 spiro atoms. The number of rotatable bonds is 7. The number of amides is 1. The highest BCUT2D eigenvalue weighted by atomic mass is 16.5. The second-order valence-corrected chi connectivity index (χ2v) is 7.17. The zero-order valence-electron chi connectivity index (χ0n) is 15.6. The van der Waals surface area contributed by atoms with E-state index in [1.54, 1.807) is 0 Å². The van der Waals surface area contributed by atoms with Gasteiger partial charge in [0.25, 0.3) is 0 Å². The molecular formula is C20H28N4O2. The normalized spacial score (nSPS) is 17.2. The average molecular weight is 356 g/mol. The summed E-state index contributed by atoms with van der Waals surface area (Å²) in [6.07, 6.45) is 3.68. The number of hydrogen-bond donors (Lipinski definition) is 1. The molecule has 1 aromatic heterocycles. The van der Waals surface area contributed by atoms with Crippen molar-refractivity contribution in [3.8, 4) is 0 Å². The fourth-order valence-corrected chi connectivity index (χ4v) is 3.49. The van der Waals surface area contributed by atoms with Crippen LogP contribution in [0, 0.1) is 12.8 Å². The van der Waals surface area contributed by atoms with E-state index in [2.05, 4.69) is 20.4 Å². The lowest BCUT2D eigenvalue weighted by molar-refractivity contribution is -0.122. The van der Waals surface area contributed by atoms with E-state index < -0.39 is 0 Å². The molecule has 0 aliphatic carbocycles.